The zero-order valence-electron chi connectivity index (χ0n) is 14.8. The lowest BCUT2D eigenvalue weighted by Gasteiger charge is -2.16. The molecule has 0 saturated heterocycles. The summed E-state index contributed by atoms with van der Waals surface area (Å²) in [7, 11) is 0. The minimum absolute atomic E-state index is 0.302. The van der Waals surface area contributed by atoms with Crippen LogP contribution in [0.2, 0.25) is 0 Å². The van der Waals surface area contributed by atoms with E-state index in [9.17, 15) is 4.79 Å². The van der Waals surface area contributed by atoms with E-state index >= 15 is 0 Å². The van der Waals surface area contributed by atoms with Crippen molar-refractivity contribution in [3.8, 4) is 23.3 Å². The molecule has 0 aliphatic carbocycles. The summed E-state index contributed by atoms with van der Waals surface area (Å²) in [5.41, 5.74) is 1.09. The van der Waals surface area contributed by atoms with Gasteiger partial charge in [-0.3, -0.25) is 4.79 Å². The average molecular weight is 358 g/mol. The Hall–Kier alpha value is -3.78. The monoisotopic (exact) mass is 358 g/mol. The second-order valence-electron chi connectivity index (χ2n) is 5.80. The zero-order chi connectivity index (χ0) is 19.1. The highest BCUT2D eigenvalue weighted by atomic mass is 16.5. The Morgan fingerprint density at radius 1 is 0.926 bits per heavy atom. The van der Waals surface area contributed by atoms with E-state index in [1.807, 2.05) is 48.5 Å². The van der Waals surface area contributed by atoms with E-state index in [2.05, 4.69) is 5.32 Å². The van der Waals surface area contributed by atoms with Gasteiger partial charge in [-0.25, -0.2) is 0 Å². The van der Waals surface area contributed by atoms with Crippen molar-refractivity contribution in [2.45, 2.75) is 13.0 Å². The number of nitriles is 1. The van der Waals surface area contributed by atoms with Crippen molar-refractivity contribution in [1.82, 2.24) is 0 Å². The van der Waals surface area contributed by atoms with Crippen LogP contribution in [0.15, 0.2) is 78.9 Å². The molecule has 0 spiro atoms. The van der Waals surface area contributed by atoms with Crippen molar-refractivity contribution in [3.05, 3.63) is 84.4 Å². The molecule has 3 aromatic carbocycles. The number of anilines is 1. The van der Waals surface area contributed by atoms with E-state index in [1.54, 1.807) is 43.3 Å². The zero-order valence-corrected chi connectivity index (χ0v) is 14.8. The number of carbonyl (C=O) groups is 1. The van der Waals surface area contributed by atoms with Crippen molar-refractivity contribution >= 4 is 11.6 Å². The van der Waals surface area contributed by atoms with Crippen molar-refractivity contribution in [2.24, 2.45) is 0 Å². The van der Waals surface area contributed by atoms with Gasteiger partial charge in [-0.15, -0.1) is 0 Å². The number of rotatable bonds is 6. The number of hydrogen-bond acceptors (Lipinski definition) is 4. The van der Waals surface area contributed by atoms with Gasteiger partial charge in [-0.2, -0.15) is 5.26 Å². The predicted molar refractivity (Wildman–Crippen MR) is 103 cm³/mol. The van der Waals surface area contributed by atoms with Crippen LogP contribution in [0.25, 0.3) is 0 Å². The van der Waals surface area contributed by atoms with Crippen molar-refractivity contribution in [3.63, 3.8) is 0 Å². The maximum absolute atomic E-state index is 12.5. The summed E-state index contributed by atoms with van der Waals surface area (Å²) < 4.78 is 11.5. The lowest BCUT2D eigenvalue weighted by Crippen LogP contribution is -2.30. The summed E-state index contributed by atoms with van der Waals surface area (Å²) in [6.07, 6.45) is -0.720. The van der Waals surface area contributed by atoms with Crippen LogP contribution in [-0.4, -0.2) is 12.0 Å². The van der Waals surface area contributed by atoms with Crippen LogP contribution in [0.3, 0.4) is 0 Å². The molecule has 27 heavy (non-hydrogen) atoms. The molecule has 1 unspecified atom stereocenters. The number of benzene rings is 3. The molecule has 0 heterocycles. The predicted octanol–water partition coefficient (Wildman–Crippen LogP) is 4.76. The number of carbonyl (C=O) groups excluding carboxylic acids is 1. The molecule has 0 bridgehead atoms. The largest absolute Gasteiger partial charge is 0.481 e. The highest BCUT2D eigenvalue weighted by Gasteiger charge is 2.17. The van der Waals surface area contributed by atoms with Gasteiger partial charge in [0.05, 0.1) is 17.3 Å². The normalized spacial score (nSPS) is 11.1. The Labute approximate surface area is 157 Å². The quantitative estimate of drug-likeness (QED) is 0.690. The minimum Gasteiger partial charge on any atom is -0.481 e. The first-order valence-corrected chi connectivity index (χ1v) is 8.45. The summed E-state index contributed by atoms with van der Waals surface area (Å²) in [6, 6.07) is 25.2. The van der Waals surface area contributed by atoms with Gasteiger partial charge >= 0.3 is 0 Å². The van der Waals surface area contributed by atoms with Crippen LogP contribution in [0, 0.1) is 11.3 Å². The molecule has 3 aromatic rings. The fourth-order valence-corrected chi connectivity index (χ4v) is 2.37. The lowest BCUT2D eigenvalue weighted by atomic mass is 10.2. The summed E-state index contributed by atoms with van der Waals surface area (Å²) in [6.45, 7) is 1.66. The molecule has 1 atom stereocenters. The van der Waals surface area contributed by atoms with Crippen LogP contribution in [0.1, 0.15) is 12.5 Å². The summed E-state index contributed by atoms with van der Waals surface area (Å²) in [4.78, 5) is 12.5. The molecular formula is C22H18N2O3. The van der Waals surface area contributed by atoms with Crippen LogP contribution in [0.4, 0.5) is 5.69 Å². The summed E-state index contributed by atoms with van der Waals surface area (Å²) in [5.74, 6) is 1.44. The Morgan fingerprint density at radius 3 is 2.30 bits per heavy atom. The van der Waals surface area contributed by atoms with E-state index in [-0.39, 0.29) is 5.91 Å². The maximum atomic E-state index is 12.5. The molecule has 5 heteroatoms. The molecule has 134 valence electrons. The molecule has 1 N–H and O–H groups in total. The van der Waals surface area contributed by atoms with E-state index in [0.29, 0.717) is 28.5 Å². The number of ether oxygens (including phenoxy) is 2. The van der Waals surface area contributed by atoms with E-state index in [4.69, 9.17) is 14.7 Å². The van der Waals surface area contributed by atoms with Gasteiger partial charge in [-0.1, -0.05) is 30.3 Å². The molecule has 0 saturated carbocycles. The highest BCUT2D eigenvalue weighted by Crippen LogP contribution is 2.29. The van der Waals surface area contributed by atoms with E-state index < -0.39 is 6.10 Å². The second kappa shape index (κ2) is 8.54. The molecular weight excluding hydrogens is 340 g/mol. The van der Waals surface area contributed by atoms with Crippen molar-refractivity contribution < 1.29 is 14.3 Å². The SMILES string of the molecule is CC(Oc1ccc(C#N)cc1)C(=O)Nc1ccccc1Oc1ccccc1. The van der Waals surface area contributed by atoms with E-state index in [1.165, 1.54) is 0 Å². The van der Waals surface area contributed by atoms with Gasteiger partial charge in [0.25, 0.3) is 5.91 Å². The van der Waals surface area contributed by atoms with Crippen molar-refractivity contribution in [1.29, 1.82) is 5.26 Å². The number of amides is 1. The number of para-hydroxylation sites is 3. The first-order valence-electron chi connectivity index (χ1n) is 8.45. The first-order chi connectivity index (χ1) is 13.2. The summed E-state index contributed by atoms with van der Waals surface area (Å²) >= 11 is 0. The Bertz CT molecular complexity index is 947. The maximum Gasteiger partial charge on any atom is 0.265 e. The third-order valence-corrected chi connectivity index (χ3v) is 3.78. The Balaban J connectivity index is 1.67. The highest BCUT2D eigenvalue weighted by molar-refractivity contribution is 5.95. The lowest BCUT2D eigenvalue weighted by molar-refractivity contribution is -0.122. The molecule has 0 aromatic heterocycles. The van der Waals surface area contributed by atoms with Gasteiger partial charge in [0, 0.05) is 0 Å². The molecule has 5 nitrogen and oxygen atoms in total. The summed E-state index contributed by atoms with van der Waals surface area (Å²) in [5, 5.41) is 11.7. The van der Waals surface area contributed by atoms with Crippen LogP contribution in [0.5, 0.6) is 17.2 Å². The molecule has 0 fully saturated rings. The minimum atomic E-state index is -0.720. The van der Waals surface area contributed by atoms with Gasteiger partial charge in [-0.05, 0) is 55.5 Å². The third kappa shape index (κ3) is 4.86. The van der Waals surface area contributed by atoms with Gasteiger partial charge in [0.15, 0.2) is 11.9 Å². The smallest absolute Gasteiger partial charge is 0.265 e. The fourth-order valence-electron chi connectivity index (χ4n) is 2.37. The Morgan fingerprint density at radius 2 is 1.59 bits per heavy atom. The molecule has 3 rings (SSSR count). The first kappa shape index (κ1) is 18.0. The number of hydrogen-bond donors (Lipinski definition) is 1. The topological polar surface area (TPSA) is 71.3 Å². The van der Waals surface area contributed by atoms with Gasteiger partial charge < -0.3 is 14.8 Å². The molecule has 1 amide bonds. The average Bonchev–Trinajstić information content (AvgIpc) is 2.71. The van der Waals surface area contributed by atoms with Gasteiger partial charge in [0.2, 0.25) is 0 Å². The molecule has 0 aliphatic heterocycles. The van der Waals surface area contributed by atoms with E-state index in [0.717, 1.165) is 0 Å². The van der Waals surface area contributed by atoms with Gasteiger partial charge in [0.1, 0.15) is 11.5 Å². The Kier molecular flexibility index (Phi) is 5.70. The number of nitrogens with one attached hydrogen (secondary N) is 1. The molecule has 0 aliphatic rings. The second-order valence-corrected chi connectivity index (χ2v) is 5.80. The number of nitrogens with zero attached hydrogens (tertiary/aromatic N) is 1. The van der Waals surface area contributed by atoms with Crippen LogP contribution < -0.4 is 14.8 Å². The van der Waals surface area contributed by atoms with Crippen LogP contribution >= 0.6 is 0 Å². The third-order valence-electron chi connectivity index (χ3n) is 3.78. The van der Waals surface area contributed by atoms with Crippen molar-refractivity contribution in [2.75, 3.05) is 5.32 Å². The standard InChI is InChI=1S/C22H18N2O3/c1-16(26-19-13-11-17(15-23)12-14-19)22(25)24-20-9-5-6-10-21(20)27-18-7-3-2-4-8-18/h2-14,16H,1H3,(H,24,25). The fraction of sp³-hybridized carbons (Fsp3) is 0.0909. The van der Waals surface area contributed by atoms with Crippen LogP contribution in [-0.2, 0) is 4.79 Å². The molecule has 0 radical (unpaired) electrons.